The Labute approximate surface area is 101 Å². The molecule has 0 saturated carbocycles. The summed E-state index contributed by atoms with van der Waals surface area (Å²) in [6.45, 7) is 4.28. The molecule has 1 rings (SSSR count). The van der Waals surface area contributed by atoms with E-state index >= 15 is 0 Å². The van der Waals surface area contributed by atoms with Crippen molar-refractivity contribution in [1.82, 2.24) is 0 Å². The summed E-state index contributed by atoms with van der Waals surface area (Å²) < 4.78 is 0. The quantitative estimate of drug-likeness (QED) is 0.437. The van der Waals surface area contributed by atoms with Gasteiger partial charge < -0.3 is 4.79 Å². The van der Waals surface area contributed by atoms with Crippen LogP contribution in [0, 0.1) is 0 Å². The van der Waals surface area contributed by atoms with Crippen LogP contribution >= 0.6 is 0 Å². The van der Waals surface area contributed by atoms with Gasteiger partial charge >= 0.3 is 0 Å². The van der Waals surface area contributed by atoms with Gasteiger partial charge in [0.2, 0.25) is 0 Å². The van der Waals surface area contributed by atoms with E-state index < -0.39 is 0 Å². The van der Waals surface area contributed by atoms with Crippen LogP contribution in [0.25, 0.3) is 0 Å². The zero-order valence-corrected chi connectivity index (χ0v) is 11.0. The van der Waals surface area contributed by atoms with Gasteiger partial charge in [0.1, 0.15) is 6.79 Å². The minimum absolute atomic E-state index is 1.35. The molecule has 0 aromatic rings. The first-order chi connectivity index (χ1) is 7.93. The van der Waals surface area contributed by atoms with E-state index in [0.29, 0.717) is 0 Å². The number of carbonyl (C=O) groups is 1. The zero-order valence-electron chi connectivity index (χ0n) is 11.0. The summed E-state index contributed by atoms with van der Waals surface area (Å²) in [6.07, 6.45) is 18.1. The van der Waals surface area contributed by atoms with Gasteiger partial charge in [-0.2, -0.15) is 0 Å². The molecule has 0 bridgehead atoms. The highest BCUT2D eigenvalue weighted by Gasteiger charge is 2.02. The fourth-order valence-electron chi connectivity index (χ4n) is 2.26. The average molecular weight is 224 g/mol. The highest BCUT2D eigenvalue weighted by atomic mass is 16.1. The molecule has 16 heavy (non-hydrogen) atoms. The molecule has 1 nitrogen and oxygen atoms in total. The molecule has 0 amide bonds. The maximum Gasteiger partial charge on any atom is 0.106 e. The topological polar surface area (TPSA) is 17.1 Å². The van der Waals surface area contributed by atoms with Gasteiger partial charge in [-0.05, 0) is 38.5 Å². The molecule has 1 aliphatic carbocycles. The minimum Gasteiger partial charge on any atom is -0.307 e. The lowest BCUT2D eigenvalue weighted by molar-refractivity contribution is -0.0979. The molecule has 0 radical (unpaired) electrons. The standard InChI is InChI=1S/C14H26.CH2O/c1-2-3-4-5-6-8-11-14-12-9-7-10-13-14;1-2/h12H,2-11,13H2,1H3;1H2. The van der Waals surface area contributed by atoms with Gasteiger partial charge in [0.15, 0.2) is 0 Å². The number of rotatable bonds is 7. The van der Waals surface area contributed by atoms with Crippen molar-refractivity contribution in [2.75, 3.05) is 0 Å². The highest BCUT2D eigenvalue weighted by molar-refractivity contribution is 5.11. The third-order valence-corrected chi connectivity index (χ3v) is 3.24. The van der Waals surface area contributed by atoms with Crippen LogP contribution in [0.5, 0.6) is 0 Å². The normalized spacial score (nSPS) is 14.9. The smallest absolute Gasteiger partial charge is 0.106 e. The Morgan fingerprint density at radius 1 is 1.06 bits per heavy atom. The molecule has 0 saturated heterocycles. The van der Waals surface area contributed by atoms with Gasteiger partial charge in [0, 0.05) is 0 Å². The van der Waals surface area contributed by atoms with Crippen LogP contribution in [0.15, 0.2) is 11.6 Å². The second-order valence-corrected chi connectivity index (χ2v) is 4.63. The predicted molar refractivity (Wildman–Crippen MR) is 71.7 cm³/mol. The molecular weight excluding hydrogens is 196 g/mol. The third-order valence-electron chi connectivity index (χ3n) is 3.24. The van der Waals surface area contributed by atoms with Gasteiger partial charge in [-0.1, -0.05) is 50.7 Å². The number of carbonyl (C=O) groups excluding carboxylic acids is 1. The van der Waals surface area contributed by atoms with Crippen LogP contribution in [0.4, 0.5) is 0 Å². The second kappa shape index (κ2) is 12.5. The Hall–Kier alpha value is -0.590. The summed E-state index contributed by atoms with van der Waals surface area (Å²) in [6, 6.07) is 0. The summed E-state index contributed by atoms with van der Waals surface area (Å²) >= 11 is 0. The van der Waals surface area contributed by atoms with Crippen LogP contribution in [0.2, 0.25) is 0 Å². The monoisotopic (exact) mass is 224 g/mol. The van der Waals surface area contributed by atoms with Crippen molar-refractivity contribution in [2.45, 2.75) is 77.6 Å². The molecule has 0 spiro atoms. The summed E-state index contributed by atoms with van der Waals surface area (Å²) in [5.74, 6) is 0. The largest absolute Gasteiger partial charge is 0.307 e. The fraction of sp³-hybridized carbons (Fsp3) is 0.800. The Morgan fingerprint density at radius 2 is 1.75 bits per heavy atom. The molecule has 0 aromatic carbocycles. The first kappa shape index (κ1) is 15.4. The summed E-state index contributed by atoms with van der Waals surface area (Å²) in [7, 11) is 0. The first-order valence-electron chi connectivity index (χ1n) is 6.90. The molecule has 0 atom stereocenters. The van der Waals surface area contributed by atoms with Crippen molar-refractivity contribution >= 4 is 6.79 Å². The van der Waals surface area contributed by atoms with E-state index in [0.717, 1.165) is 0 Å². The number of unbranched alkanes of at least 4 members (excludes halogenated alkanes) is 5. The average Bonchev–Trinajstić information content (AvgIpc) is 2.37. The van der Waals surface area contributed by atoms with E-state index in [1.54, 1.807) is 5.57 Å². The van der Waals surface area contributed by atoms with E-state index in [4.69, 9.17) is 4.79 Å². The van der Waals surface area contributed by atoms with Gasteiger partial charge in [0.05, 0.1) is 0 Å². The fourth-order valence-corrected chi connectivity index (χ4v) is 2.26. The SMILES string of the molecule is C=O.CCCCCCCCC1=CCCCC1. The van der Waals surface area contributed by atoms with Crippen LogP contribution in [0.3, 0.4) is 0 Å². The minimum atomic E-state index is 1.35. The molecule has 0 aliphatic heterocycles. The molecule has 1 aliphatic rings. The molecule has 0 fully saturated rings. The van der Waals surface area contributed by atoms with Crippen molar-refractivity contribution in [1.29, 1.82) is 0 Å². The summed E-state index contributed by atoms with van der Waals surface area (Å²) in [4.78, 5) is 8.00. The molecule has 94 valence electrons. The Kier molecular flexibility index (Phi) is 12.0. The van der Waals surface area contributed by atoms with E-state index in [1.807, 2.05) is 6.79 Å². The number of hydrogen-bond donors (Lipinski definition) is 0. The maximum atomic E-state index is 8.00. The van der Waals surface area contributed by atoms with Crippen LogP contribution in [-0.2, 0) is 4.79 Å². The van der Waals surface area contributed by atoms with E-state index in [-0.39, 0.29) is 0 Å². The van der Waals surface area contributed by atoms with Gasteiger partial charge in [-0.25, -0.2) is 0 Å². The predicted octanol–water partition coefficient (Wildman–Crippen LogP) is 5.05. The molecule has 0 N–H and O–H groups in total. The third kappa shape index (κ3) is 8.70. The number of hydrogen-bond acceptors (Lipinski definition) is 1. The van der Waals surface area contributed by atoms with Crippen molar-refractivity contribution in [3.8, 4) is 0 Å². The molecule has 1 heteroatoms. The Morgan fingerprint density at radius 3 is 2.38 bits per heavy atom. The number of allylic oxidation sites excluding steroid dienone is 2. The van der Waals surface area contributed by atoms with Crippen LogP contribution in [0.1, 0.15) is 77.6 Å². The van der Waals surface area contributed by atoms with Crippen molar-refractivity contribution < 1.29 is 4.79 Å². The van der Waals surface area contributed by atoms with Crippen molar-refractivity contribution in [2.24, 2.45) is 0 Å². The lowest BCUT2D eigenvalue weighted by Gasteiger charge is -2.12. The van der Waals surface area contributed by atoms with Gasteiger partial charge in [0.25, 0.3) is 0 Å². The van der Waals surface area contributed by atoms with Crippen molar-refractivity contribution in [3.05, 3.63) is 11.6 Å². The summed E-state index contributed by atoms with van der Waals surface area (Å²) in [5, 5.41) is 0. The van der Waals surface area contributed by atoms with E-state index in [2.05, 4.69) is 13.0 Å². The van der Waals surface area contributed by atoms with E-state index in [9.17, 15) is 0 Å². The maximum absolute atomic E-state index is 8.00. The van der Waals surface area contributed by atoms with Crippen molar-refractivity contribution in [3.63, 3.8) is 0 Å². The molecule has 0 aromatic heterocycles. The summed E-state index contributed by atoms with van der Waals surface area (Å²) in [5.41, 5.74) is 1.76. The van der Waals surface area contributed by atoms with Crippen LogP contribution < -0.4 is 0 Å². The molecule has 0 heterocycles. The second-order valence-electron chi connectivity index (χ2n) is 4.63. The lowest BCUT2D eigenvalue weighted by Crippen LogP contribution is -1.92. The van der Waals surface area contributed by atoms with Crippen LogP contribution in [-0.4, -0.2) is 6.79 Å². The molecular formula is C15H28O. The molecule has 0 unspecified atom stereocenters. The lowest BCUT2D eigenvalue weighted by atomic mass is 9.95. The first-order valence-corrected chi connectivity index (χ1v) is 6.90. The Bertz CT molecular complexity index is 172. The van der Waals surface area contributed by atoms with E-state index in [1.165, 1.54) is 70.6 Å². The zero-order chi connectivity index (χ0) is 12.1. The van der Waals surface area contributed by atoms with Gasteiger partial charge in [-0.3, -0.25) is 0 Å². The Balaban J connectivity index is 0.00000106. The van der Waals surface area contributed by atoms with Gasteiger partial charge in [-0.15, -0.1) is 0 Å². The highest BCUT2D eigenvalue weighted by Crippen LogP contribution is 2.22.